The van der Waals surface area contributed by atoms with E-state index in [0.29, 0.717) is 25.8 Å². The van der Waals surface area contributed by atoms with Gasteiger partial charge in [-0.25, -0.2) is 9.59 Å². The Hall–Kier alpha value is -2.89. The molecule has 0 aliphatic rings. The van der Waals surface area contributed by atoms with Crippen molar-refractivity contribution < 1.29 is 33.4 Å². The first-order chi connectivity index (χ1) is 15.5. The van der Waals surface area contributed by atoms with Gasteiger partial charge in [-0.3, -0.25) is 14.4 Å². The molecule has 0 saturated carbocycles. The fraction of sp³-hybridized carbons (Fsp3) is 0.773. The lowest BCUT2D eigenvalue weighted by Crippen LogP contribution is -2.52. The number of carbonyl (C=O) groups excluding carboxylic acids is 5. The zero-order chi connectivity index (χ0) is 26.5. The number of alkyl carbamates (subject to hydrolysis) is 1. The SMILES string of the molecule is CC(C)(C)OC(=O)N[C@@H](CCCCN)C(=O)NCC(=O)N[C@@H](CCC(N)=O)C(=O)OC(C)(C)C. The van der Waals surface area contributed by atoms with E-state index < -0.39 is 59.6 Å². The highest BCUT2D eigenvalue weighted by atomic mass is 16.6. The van der Waals surface area contributed by atoms with Crippen molar-refractivity contribution in [3.63, 3.8) is 0 Å². The van der Waals surface area contributed by atoms with Gasteiger partial charge >= 0.3 is 12.1 Å². The lowest BCUT2D eigenvalue weighted by Gasteiger charge is -2.25. The Bertz CT molecular complexity index is 713. The smallest absolute Gasteiger partial charge is 0.408 e. The van der Waals surface area contributed by atoms with Crippen molar-refractivity contribution in [1.82, 2.24) is 16.0 Å². The molecule has 0 bridgehead atoms. The van der Waals surface area contributed by atoms with Crippen molar-refractivity contribution in [2.24, 2.45) is 11.5 Å². The molecule has 0 unspecified atom stereocenters. The first-order valence-corrected chi connectivity index (χ1v) is 11.3. The highest BCUT2D eigenvalue weighted by molar-refractivity contribution is 5.91. The largest absolute Gasteiger partial charge is 0.458 e. The van der Waals surface area contributed by atoms with Crippen molar-refractivity contribution in [2.45, 2.75) is 96.9 Å². The van der Waals surface area contributed by atoms with Crippen LogP contribution in [-0.4, -0.2) is 66.2 Å². The zero-order valence-corrected chi connectivity index (χ0v) is 21.1. The van der Waals surface area contributed by atoms with E-state index in [1.54, 1.807) is 41.5 Å². The third kappa shape index (κ3) is 15.8. The summed E-state index contributed by atoms with van der Waals surface area (Å²) in [7, 11) is 0. The summed E-state index contributed by atoms with van der Waals surface area (Å²) in [4.78, 5) is 60.6. The summed E-state index contributed by atoms with van der Waals surface area (Å²) in [6, 6.07) is -2.05. The van der Waals surface area contributed by atoms with Gasteiger partial charge in [-0.2, -0.15) is 0 Å². The molecule has 0 fully saturated rings. The van der Waals surface area contributed by atoms with Gasteiger partial charge in [-0.15, -0.1) is 0 Å². The molecule has 0 aliphatic carbocycles. The van der Waals surface area contributed by atoms with Gasteiger partial charge in [0.15, 0.2) is 0 Å². The van der Waals surface area contributed by atoms with E-state index in [1.165, 1.54) is 0 Å². The summed E-state index contributed by atoms with van der Waals surface area (Å²) >= 11 is 0. The van der Waals surface area contributed by atoms with Crippen LogP contribution in [0.5, 0.6) is 0 Å². The monoisotopic (exact) mass is 487 g/mol. The Morgan fingerprint density at radius 3 is 1.91 bits per heavy atom. The molecule has 196 valence electrons. The average Bonchev–Trinajstić information content (AvgIpc) is 2.65. The minimum absolute atomic E-state index is 0.0498. The molecule has 0 aliphatic heterocycles. The highest BCUT2D eigenvalue weighted by Gasteiger charge is 2.28. The average molecular weight is 488 g/mol. The molecule has 0 heterocycles. The number of carbonyl (C=O) groups is 5. The van der Waals surface area contributed by atoms with Gasteiger partial charge < -0.3 is 36.9 Å². The van der Waals surface area contributed by atoms with Crippen LogP contribution in [0.4, 0.5) is 4.79 Å². The maximum absolute atomic E-state index is 12.6. The second-order valence-corrected chi connectivity index (χ2v) is 9.86. The number of amides is 4. The first kappa shape index (κ1) is 31.1. The summed E-state index contributed by atoms with van der Waals surface area (Å²) in [5.74, 6) is -2.63. The van der Waals surface area contributed by atoms with Crippen LogP contribution < -0.4 is 27.4 Å². The number of hydrogen-bond acceptors (Lipinski definition) is 8. The van der Waals surface area contributed by atoms with Gasteiger partial charge in [0.05, 0.1) is 6.54 Å². The number of ether oxygens (including phenoxy) is 2. The van der Waals surface area contributed by atoms with Crippen LogP contribution in [0.3, 0.4) is 0 Å². The number of primary amides is 1. The van der Waals surface area contributed by atoms with Crippen LogP contribution in [0.15, 0.2) is 0 Å². The Balaban J connectivity index is 5.06. The molecule has 7 N–H and O–H groups in total. The van der Waals surface area contributed by atoms with Crippen molar-refractivity contribution in [1.29, 1.82) is 0 Å². The number of unbranched alkanes of at least 4 members (excludes halogenated alkanes) is 1. The third-order valence-electron chi connectivity index (χ3n) is 4.08. The Morgan fingerprint density at radius 2 is 1.41 bits per heavy atom. The van der Waals surface area contributed by atoms with E-state index in [1.807, 2.05) is 0 Å². The van der Waals surface area contributed by atoms with Gasteiger partial charge in [0, 0.05) is 6.42 Å². The Kier molecular flexibility index (Phi) is 13.2. The fourth-order valence-corrected chi connectivity index (χ4v) is 2.66. The van der Waals surface area contributed by atoms with Crippen molar-refractivity contribution in [3.8, 4) is 0 Å². The third-order valence-corrected chi connectivity index (χ3v) is 4.08. The van der Waals surface area contributed by atoms with E-state index >= 15 is 0 Å². The number of nitrogens with two attached hydrogens (primary N) is 2. The highest BCUT2D eigenvalue weighted by Crippen LogP contribution is 2.11. The van der Waals surface area contributed by atoms with Crippen LogP contribution in [-0.2, 0) is 28.7 Å². The van der Waals surface area contributed by atoms with Gasteiger partial charge in [0.1, 0.15) is 23.3 Å². The molecular formula is C22H41N5O7. The minimum atomic E-state index is -1.11. The molecule has 2 atom stereocenters. The summed E-state index contributed by atoms with van der Waals surface area (Å²) in [5.41, 5.74) is 9.09. The number of nitrogens with one attached hydrogen (secondary N) is 3. The fourth-order valence-electron chi connectivity index (χ4n) is 2.66. The van der Waals surface area contributed by atoms with Crippen molar-refractivity contribution in [2.75, 3.05) is 13.1 Å². The summed E-state index contributed by atoms with van der Waals surface area (Å²) in [5, 5.41) is 7.39. The second-order valence-electron chi connectivity index (χ2n) is 9.86. The van der Waals surface area contributed by atoms with Gasteiger partial charge in [0.25, 0.3) is 0 Å². The molecule has 0 spiro atoms. The standard InChI is InChI=1S/C22H41N5O7/c1-21(2,3)33-19(31)15(10-11-16(24)28)26-17(29)13-25-18(30)14(9-7-8-12-23)27-20(32)34-22(4,5)6/h14-15H,7-13,23H2,1-6H3,(H2,24,28)(H,25,30)(H,26,29)(H,27,32)/t14-,15-/m0/s1. The van der Waals surface area contributed by atoms with E-state index in [-0.39, 0.29) is 12.8 Å². The molecule has 0 rings (SSSR count). The van der Waals surface area contributed by atoms with Crippen molar-refractivity contribution >= 4 is 29.8 Å². The Morgan fingerprint density at radius 1 is 0.824 bits per heavy atom. The molecule has 0 saturated heterocycles. The summed E-state index contributed by atoms with van der Waals surface area (Å²) in [6.45, 7) is 10.1. The van der Waals surface area contributed by atoms with E-state index in [9.17, 15) is 24.0 Å². The lowest BCUT2D eigenvalue weighted by molar-refractivity contribution is -0.158. The van der Waals surface area contributed by atoms with E-state index in [0.717, 1.165) is 0 Å². The zero-order valence-electron chi connectivity index (χ0n) is 21.1. The van der Waals surface area contributed by atoms with Crippen LogP contribution in [0.25, 0.3) is 0 Å². The molecule has 12 nitrogen and oxygen atoms in total. The van der Waals surface area contributed by atoms with Crippen LogP contribution in [0, 0.1) is 0 Å². The predicted octanol–water partition coefficient (Wildman–Crippen LogP) is 0.217. The van der Waals surface area contributed by atoms with Gasteiger partial charge in [-0.05, 0) is 73.8 Å². The van der Waals surface area contributed by atoms with Crippen LogP contribution >= 0.6 is 0 Å². The molecule has 4 amide bonds. The van der Waals surface area contributed by atoms with Crippen LogP contribution in [0.1, 0.15) is 73.6 Å². The number of hydrogen-bond donors (Lipinski definition) is 5. The molecule has 34 heavy (non-hydrogen) atoms. The Labute approximate surface area is 201 Å². The molecule has 0 radical (unpaired) electrons. The number of esters is 1. The normalized spacial score (nSPS) is 13.3. The van der Waals surface area contributed by atoms with Crippen molar-refractivity contribution in [3.05, 3.63) is 0 Å². The van der Waals surface area contributed by atoms with E-state index in [4.69, 9.17) is 20.9 Å². The second kappa shape index (κ2) is 14.4. The first-order valence-electron chi connectivity index (χ1n) is 11.3. The number of rotatable bonds is 13. The molecular weight excluding hydrogens is 446 g/mol. The summed E-state index contributed by atoms with van der Waals surface area (Å²) in [6.07, 6.45) is 0.567. The molecule has 0 aromatic rings. The molecule has 12 heteroatoms. The quantitative estimate of drug-likeness (QED) is 0.180. The minimum Gasteiger partial charge on any atom is -0.458 e. The summed E-state index contributed by atoms with van der Waals surface area (Å²) < 4.78 is 10.5. The topological polar surface area (TPSA) is 192 Å². The van der Waals surface area contributed by atoms with Gasteiger partial charge in [0.2, 0.25) is 17.7 Å². The maximum atomic E-state index is 12.6. The van der Waals surface area contributed by atoms with Crippen LogP contribution in [0.2, 0.25) is 0 Å². The maximum Gasteiger partial charge on any atom is 0.408 e. The van der Waals surface area contributed by atoms with E-state index in [2.05, 4.69) is 16.0 Å². The molecule has 0 aromatic heterocycles. The predicted molar refractivity (Wildman–Crippen MR) is 125 cm³/mol. The molecule has 0 aromatic carbocycles. The van der Waals surface area contributed by atoms with Gasteiger partial charge in [-0.1, -0.05) is 0 Å². The lowest BCUT2D eigenvalue weighted by atomic mass is 10.1.